The Morgan fingerprint density at radius 3 is 2.41 bits per heavy atom. The number of carboxylic acid groups (broad SMARTS) is 1. The van der Waals surface area contributed by atoms with Crippen molar-refractivity contribution in [3.05, 3.63) is 65.7 Å². The molecule has 0 aliphatic rings. The van der Waals surface area contributed by atoms with Gasteiger partial charge in [-0.3, -0.25) is 4.79 Å². The Morgan fingerprint density at radius 2 is 1.77 bits per heavy atom. The molecule has 5 nitrogen and oxygen atoms in total. The Labute approximate surface area is 127 Å². The van der Waals surface area contributed by atoms with E-state index in [0.29, 0.717) is 11.4 Å². The van der Waals surface area contributed by atoms with Crippen molar-refractivity contribution in [3.63, 3.8) is 0 Å². The Hall–Kier alpha value is -3.08. The third-order valence-corrected chi connectivity index (χ3v) is 2.95. The molecule has 0 unspecified atom stereocenters. The van der Waals surface area contributed by atoms with Gasteiger partial charge in [0.2, 0.25) is 5.91 Å². The number of carboxylic acids is 1. The molecule has 0 saturated carbocycles. The van der Waals surface area contributed by atoms with E-state index in [1.54, 1.807) is 13.2 Å². The van der Waals surface area contributed by atoms with Gasteiger partial charge in [0.25, 0.3) is 0 Å². The highest BCUT2D eigenvalue weighted by atomic mass is 16.5. The zero-order chi connectivity index (χ0) is 15.9. The summed E-state index contributed by atoms with van der Waals surface area (Å²) in [7, 11) is 1.57. The fraction of sp³-hybridized carbons (Fsp3) is 0.0588. The largest absolute Gasteiger partial charge is 0.496 e. The van der Waals surface area contributed by atoms with Gasteiger partial charge in [0.15, 0.2) is 0 Å². The van der Waals surface area contributed by atoms with Crippen molar-refractivity contribution in [2.24, 2.45) is 0 Å². The molecule has 0 spiro atoms. The van der Waals surface area contributed by atoms with E-state index in [9.17, 15) is 9.59 Å². The molecule has 2 aromatic carbocycles. The topological polar surface area (TPSA) is 75.6 Å². The molecule has 0 aliphatic heterocycles. The maximum Gasteiger partial charge on any atom is 0.335 e. The summed E-state index contributed by atoms with van der Waals surface area (Å²) in [6.07, 6.45) is 3.04. The van der Waals surface area contributed by atoms with E-state index in [2.05, 4.69) is 5.32 Å². The highest BCUT2D eigenvalue weighted by molar-refractivity contribution is 6.02. The summed E-state index contributed by atoms with van der Waals surface area (Å²) < 4.78 is 5.19. The number of carbonyl (C=O) groups is 2. The van der Waals surface area contributed by atoms with E-state index in [0.717, 1.165) is 5.56 Å². The van der Waals surface area contributed by atoms with Crippen LogP contribution in [0.5, 0.6) is 5.75 Å². The molecule has 0 fully saturated rings. The van der Waals surface area contributed by atoms with Crippen LogP contribution in [0.15, 0.2) is 54.6 Å². The maximum absolute atomic E-state index is 11.8. The van der Waals surface area contributed by atoms with Crippen LogP contribution in [-0.4, -0.2) is 24.1 Å². The first-order chi connectivity index (χ1) is 10.6. The van der Waals surface area contributed by atoms with Gasteiger partial charge < -0.3 is 15.2 Å². The monoisotopic (exact) mass is 297 g/mol. The number of carbonyl (C=O) groups excluding carboxylic acids is 1. The first-order valence-electron chi connectivity index (χ1n) is 6.55. The minimum absolute atomic E-state index is 0.169. The van der Waals surface area contributed by atoms with Crippen LogP contribution < -0.4 is 10.1 Å². The van der Waals surface area contributed by atoms with E-state index in [4.69, 9.17) is 9.84 Å². The van der Waals surface area contributed by atoms with Gasteiger partial charge in [0, 0.05) is 17.3 Å². The number of nitrogens with one attached hydrogen (secondary N) is 1. The van der Waals surface area contributed by atoms with Crippen LogP contribution in [0, 0.1) is 0 Å². The zero-order valence-electron chi connectivity index (χ0n) is 11.9. The number of aromatic carboxylic acids is 1. The normalized spacial score (nSPS) is 10.4. The molecule has 0 aromatic heterocycles. The molecule has 0 heterocycles. The van der Waals surface area contributed by atoms with Gasteiger partial charge in [0.05, 0.1) is 12.7 Å². The summed E-state index contributed by atoms with van der Waals surface area (Å²) in [6.45, 7) is 0. The number of methoxy groups -OCH3 is 1. The molecule has 2 aromatic rings. The van der Waals surface area contributed by atoms with E-state index in [-0.39, 0.29) is 11.5 Å². The molecule has 0 radical (unpaired) electrons. The molecule has 0 bridgehead atoms. The lowest BCUT2D eigenvalue weighted by Crippen LogP contribution is -2.08. The van der Waals surface area contributed by atoms with Crippen molar-refractivity contribution in [2.45, 2.75) is 0 Å². The van der Waals surface area contributed by atoms with Crippen LogP contribution in [0.25, 0.3) is 6.08 Å². The number of ether oxygens (including phenoxy) is 1. The van der Waals surface area contributed by atoms with Crippen molar-refractivity contribution in [3.8, 4) is 5.75 Å². The van der Waals surface area contributed by atoms with Gasteiger partial charge in [-0.15, -0.1) is 0 Å². The summed E-state index contributed by atoms with van der Waals surface area (Å²) in [5.41, 5.74) is 1.49. The molecule has 5 heteroatoms. The number of para-hydroxylation sites is 1. The van der Waals surface area contributed by atoms with Gasteiger partial charge >= 0.3 is 5.97 Å². The number of benzene rings is 2. The van der Waals surface area contributed by atoms with Crippen molar-refractivity contribution in [1.29, 1.82) is 0 Å². The first kappa shape index (κ1) is 15.3. The zero-order valence-corrected chi connectivity index (χ0v) is 11.9. The third kappa shape index (κ3) is 3.96. The maximum atomic E-state index is 11.8. The Morgan fingerprint density at radius 1 is 1.09 bits per heavy atom. The average Bonchev–Trinajstić information content (AvgIpc) is 2.53. The van der Waals surface area contributed by atoms with Gasteiger partial charge in [0.1, 0.15) is 5.75 Å². The van der Waals surface area contributed by atoms with Crippen LogP contribution in [0.2, 0.25) is 0 Å². The van der Waals surface area contributed by atoms with Crippen molar-refractivity contribution in [2.75, 3.05) is 12.4 Å². The molecule has 22 heavy (non-hydrogen) atoms. The molecule has 112 valence electrons. The summed E-state index contributed by atoms with van der Waals surface area (Å²) >= 11 is 0. The van der Waals surface area contributed by atoms with Crippen LogP contribution in [0.1, 0.15) is 15.9 Å². The second-order valence-corrected chi connectivity index (χ2v) is 4.45. The number of rotatable bonds is 5. The second kappa shape index (κ2) is 7.08. The summed E-state index contributed by atoms with van der Waals surface area (Å²) in [4.78, 5) is 22.6. The van der Waals surface area contributed by atoms with Crippen molar-refractivity contribution >= 4 is 23.6 Å². The minimum atomic E-state index is -1.01. The Kier molecular flexibility index (Phi) is 4.93. The van der Waals surface area contributed by atoms with Crippen LogP contribution in [-0.2, 0) is 4.79 Å². The van der Waals surface area contributed by atoms with E-state index in [1.807, 2.05) is 24.3 Å². The fourth-order valence-corrected chi connectivity index (χ4v) is 1.85. The molecule has 1 amide bonds. The smallest absolute Gasteiger partial charge is 0.335 e. The summed E-state index contributed by atoms with van der Waals surface area (Å²) in [5.74, 6) is -0.639. The van der Waals surface area contributed by atoms with Crippen LogP contribution in [0.4, 0.5) is 5.69 Å². The van der Waals surface area contributed by atoms with E-state index in [1.165, 1.54) is 30.3 Å². The highest BCUT2D eigenvalue weighted by Gasteiger charge is 2.03. The molecule has 0 atom stereocenters. The lowest BCUT2D eigenvalue weighted by molar-refractivity contribution is -0.111. The van der Waals surface area contributed by atoms with Crippen molar-refractivity contribution in [1.82, 2.24) is 0 Å². The van der Waals surface area contributed by atoms with Gasteiger partial charge in [-0.2, -0.15) is 0 Å². The fourth-order valence-electron chi connectivity index (χ4n) is 1.85. The van der Waals surface area contributed by atoms with Gasteiger partial charge in [-0.1, -0.05) is 18.2 Å². The lowest BCUT2D eigenvalue weighted by Gasteiger charge is -2.04. The second-order valence-electron chi connectivity index (χ2n) is 4.45. The number of hydrogen-bond acceptors (Lipinski definition) is 3. The Balaban J connectivity index is 2.03. The predicted octanol–water partition coefficient (Wildman–Crippen LogP) is 3.05. The van der Waals surface area contributed by atoms with E-state index < -0.39 is 5.97 Å². The van der Waals surface area contributed by atoms with Crippen molar-refractivity contribution < 1.29 is 19.4 Å². The van der Waals surface area contributed by atoms with E-state index >= 15 is 0 Å². The van der Waals surface area contributed by atoms with Crippen LogP contribution in [0.3, 0.4) is 0 Å². The number of anilines is 1. The van der Waals surface area contributed by atoms with Gasteiger partial charge in [-0.25, -0.2) is 4.79 Å². The SMILES string of the molecule is COc1ccccc1/C=C/C(=O)Nc1ccc(C(=O)O)cc1. The summed E-state index contributed by atoms with van der Waals surface area (Å²) in [6, 6.07) is 13.3. The molecular weight excluding hydrogens is 282 g/mol. The lowest BCUT2D eigenvalue weighted by atomic mass is 10.2. The molecule has 2 rings (SSSR count). The molecule has 0 saturated heterocycles. The minimum Gasteiger partial charge on any atom is -0.496 e. The highest BCUT2D eigenvalue weighted by Crippen LogP contribution is 2.18. The summed E-state index contributed by atoms with van der Waals surface area (Å²) in [5, 5.41) is 11.5. The molecule has 2 N–H and O–H groups in total. The number of amides is 1. The third-order valence-electron chi connectivity index (χ3n) is 2.95. The molecule has 0 aliphatic carbocycles. The van der Waals surface area contributed by atoms with Gasteiger partial charge in [-0.05, 0) is 36.4 Å². The average molecular weight is 297 g/mol. The standard InChI is InChI=1S/C17H15NO4/c1-22-15-5-3-2-4-12(15)8-11-16(19)18-14-9-6-13(7-10-14)17(20)21/h2-11H,1H3,(H,18,19)(H,20,21)/b11-8+. The van der Waals surface area contributed by atoms with Crippen LogP contribution >= 0.6 is 0 Å². The Bertz CT molecular complexity index is 705. The number of hydrogen-bond donors (Lipinski definition) is 2. The molecular formula is C17H15NO4. The predicted molar refractivity (Wildman–Crippen MR) is 84.1 cm³/mol. The first-order valence-corrected chi connectivity index (χ1v) is 6.55. The quantitative estimate of drug-likeness (QED) is 0.832.